The van der Waals surface area contributed by atoms with Crippen molar-refractivity contribution in [3.63, 3.8) is 0 Å². The molecule has 0 bridgehead atoms. The number of rotatable bonds is 4. The molecule has 0 amide bonds. The lowest BCUT2D eigenvalue weighted by atomic mass is 9.87. The summed E-state index contributed by atoms with van der Waals surface area (Å²) in [5.74, 6) is 0.756. The molecule has 1 heterocycles. The van der Waals surface area contributed by atoms with Gasteiger partial charge in [0.25, 0.3) is 0 Å². The minimum absolute atomic E-state index is 0.282. The monoisotopic (exact) mass is 315 g/mol. The molecule has 2 nitrogen and oxygen atoms in total. The summed E-state index contributed by atoms with van der Waals surface area (Å²) in [6.07, 6.45) is 4.46. The van der Waals surface area contributed by atoms with Crippen LogP contribution < -0.4 is 10.3 Å². The van der Waals surface area contributed by atoms with Crippen LogP contribution in [0.4, 0.5) is 5.69 Å². The first-order chi connectivity index (χ1) is 10.7. The lowest BCUT2D eigenvalue weighted by Gasteiger charge is -2.24. The van der Waals surface area contributed by atoms with Gasteiger partial charge in [0.2, 0.25) is 0 Å². The third kappa shape index (κ3) is 2.67. The molecule has 0 spiro atoms. The van der Waals surface area contributed by atoms with Crippen molar-refractivity contribution in [1.82, 2.24) is 0 Å². The number of nitrogens with zero attached hydrogens (tertiary/aromatic N) is 1. The van der Waals surface area contributed by atoms with E-state index in [-0.39, 0.29) is 5.43 Å². The summed E-state index contributed by atoms with van der Waals surface area (Å²) in [4.78, 5) is 16.5. The Morgan fingerprint density at radius 2 is 2.00 bits per heavy atom. The summed E-state index contributed by atoms with van der Waals surface area (Å²) >= 11 is 1.85. The van der Waals surface area contributed by atoms with Crippen LogP contribution in [0, 0.1) is 5.92 Å². The van der Waals surface area contributed by atoms with Crippen LogP contribution in [0.15, 0.2) is 23.0 Å². The van der Waals surface area contributed by atoms with Gasteiger partial charge in [-0.3, -0.25) is 4.79 Å². The molecule has 3 heteroatoms. The van der Waals surface area contributed by atoms with Crippen LogP contribution in [0.1, 0.15) is 44.1 Å². The van der Waals surface area contributed by atoms with Crippen LogP contribution in [0.2, 0.25) is 0 Å². The van der Waals surface area contributed by atoms with Gasteiger partial charge < -0.3 is 4.90 Å². The van der Waals surface area contributed by atoms with Crippen LogP contribution in [0.3, 0.4) is 0 Å². The zero-order valence-electron chi connectivity index (χ0n) is 13.8. The van der Waals surface area contributed by atoms with Gasteiger partial charge in [-0.15, -0.1) is 11.3 Å². The maximum absolute atomic E-state index is 12.8. The van der Waals surface area contributed by atoms with Gasteiger partial charge in [-0.2, -0.15) is 0 Å². The van der Waals surface area contributed by atoms with Crippen molar-refractivity contribution in [1.29, 1.82) is 0 Å². The number of fused-ring (bicyclic) bond motifs is 2. The molecule has 0 N–H and O–H groups in total. The fourth-order valence-electron chi connectivity index (χ4n) is 3.53. The Morgan fingerprint density at radius 1 is 1.23 bits per heavy atom. The highest BCUT2D eigenvalue weighted by Crippen LogP contribution is 2.33. The molecule has 0 aliphatic heterocycles. The second-order valence-electron chi connectivity index (χ2n) is 6.20. The van der Waals surface area contributed by atoms with E-state index in [0.29, 0.717) is 0 Å². The number of hydrogen-bond donors (Lipinski definition) is 0. The van der Waals surface area contributed by atoms with Crippen molar-refractivity contribution >= 4 is 27.1 Å². The minimum atomic E-state index is 0.282. The Morgan fingerprint density at radius 3 is 2.68 bits per heavy atom. The van der Waals surface area contributed by atoms with E-state index in [9.17, 15) is 4.79 Å². The molecule has 0 radical (unpaired) electrons. The standard InChI is InChI=1S/C19H25NOS/c1-4-13-7-9-15-17(11-13)22-18-12-14(20(5-2)6-3)8-10-16(18)19(15)21/h8,10,12-13H,4-7,9,11H2,1-3H3. The lowest BCUT2D eigenvalue weighted by Crippen LogP contribution is -2.22. The average molecular weight is 315 g/mol. The van der Waals surface area contributed by atoms with Crippen molar-refractivity contribution in [2.24, 2.45) is 5.92 Å². The third-order valence-corrected chi connectivity index (χ3v) is 6.25. The fraction of sp³-hybridized carbons (Fsp3) is 0.526. The summed E-state index contributed by atoms with van der Waals surface area (Å²) in [6.45, 7) is 8.61. The number of hydrogen-bond acceptors (Lipinski definition) is 3. The van der Waals surface area contributed by atoms with Crippen molar-refractivity contribution in [3.05, 3.63) is 38.9 Å². The molecule has 118 valence electrons. The highest BCUT2D eigenvalue weighted by molar-refractivity contribution is 7.18. The van der Waals surface area contributed by atoms with Gasteiger partial charge in [0, 0.05) is 39.3 Å². The highest BCUT2D eigenvalue weighted by atomic mass is 32.1. The van der Waals surface area contributed by atoms with Crippen molar-refractivity contribution in [2.75, 3.05) is 18.0 Å². The maximum Gasteiger partial charge on any atom is 0.191 e. The fourth-order valence-corrected chi connectivity index (χ4v) is 4.88. The van der Waals surface area contributed by atoms with Gasteiger partial charge in [-0.1, -0.05) is 13.3 Å². The van der Waals surface area contributed by atoms with Crippen molar-refractivity contribution in [3.8, 4) is 0 Å². The normalized spacial score (nSPS) is 17.5. The molecular formula is C19H25NOS. The summed E-state index contributed by atoms with van der Waals surface area (Å²) in [6, 6.07) is 6.35. The molecule has 1 unspecified atom stereocenters. The molecule has 2 aromatic rings. The highest BCUT2D eigenvalue weighted by Gasteiger charge is 2.22. The van der Waals surface area contributed by atoms with E-state index in [1.807, 2.05) is 17.4 Å². The van der Waals surface area contributed by atoms with Crippen molar-refractivity contribution < 1.29 is 0 Å². The van der Waals surface area contributed by atoms with E-state index in [4.69, 9.17) is 0 Å². The summed E-state index contributed by atoms with van der Waals surface area (Å²) in [5.41, 5.74) is 2.61. The first-order valence-corrected chi connectivity index (χ1v) is 9.33. The average Bonchev–Trinajstić information content (AvgIpc) is 2.55. The van der Waals surface area contributed by atoms with Crippen LogP contribution in [-0.4, -0.2) is 13.1 Å². The predicted octanol–water partition coefficient (Wildman–Crippen LogP) is 4.62. The van der Waals surface area contributed by atoms with E-state index in [1.54, 1.807) is 0 Å². The van der Waals surface area contributed by atoms with E-state index in [2.05, 4.69) is 37.8 Å². The van der Waals surface area contributed by atoms with Gasteiger partial charge in [-0.05, 0) is 57.2 Å². The number of benzene rings is 1. The van der Waals surface area contributed by atoms with Gasteiger partial charge in [-0.25, -0.2) is 0 Å². The number of anilines is 1. The van der Waals surface area contributed by atoms with Crippen LogP contribution in [-0.2, 0) is 12.8 Å². The second kappa shape index (κ2) is 6.41. The largest absolute Gasteiger partial charge is 0.372 e. The van der Waals surface area contributed by atoms with Crippen LogP contribution >= 0.6 is 11.3 Å². The SMILES string of the molecule is CCC1CCc2c(sc3cc(N(CC)CC)ccc3c2=O)C1. The molecule has 1 aliphatic rings. The van der Waals surface area contributed by atoms with E-state index < -0.39 is 0 Å². The molecule has 0 saturated heterocycles. The molecule has 1 aromatic carbocycles. The maximum atomic E-state index is 12.8. The molecule has 22 heavy (non-hydrogen) atoms. The Bertz CT molecular complexity index is 730. The van der Waals surface area contributed by atoms with E-state index >= 15 is 0 Å². The predicted molar refractivity (Wildman–Crippen MR) is 97.5 cm³/mol. The molecule has 1 aliphatic carbocycles. The van der Waals surface area contributed by atoms with Gasteiger partial charge in [0.05, 0.1) is 0 Å². The molecule has 0 fully saturated rings. The molecular weight excluding hydrogens is 290 g/mol. The molecule has 1 aromatic heterocycles. The smallest absolute Gasteiger partial charge is 0.191 e. The Hall–Kier alpha value is -1.35. The third-order valence-electron chi connectivity index (χ3n) is 5.04. The van der Waals surface area contributed by atoms with E-state index in [1.165, 1.54) is 23.4 Å². The van der Waals surface area contributed by atoms with Gasteiger partial charge in [0.1, 0.15) is 0 Å². The summed E-state index contributed by atoms with van der Waals surface area (Å²) in [7, 11) is 0. The quantitative estimate of drug-likeness (QED) is 0.820. The first kappa shape index (κ1) is 15.5. The van der Waals surface area contributed by atoms with Gasteiger partial charge >= 0.3 is 0 Å². The van der Waals surface area contributed by atoms with Crippen molar-refractivity contribution in [2.45, 2.75) is 46.5 Å². The topological polar surface area (TPSA) is 20.3 Å². The molecule has 3 rings (SSSR count). The Kier molecular flexibility index (Phi) is 4.53. The molecule has 1 atom stereocenters. The lowest BCUT2D eigenvalue weighted by molar-refractivity contribution is 0.448. The zero-order chi connectivity index (χ0) is 15.7. The first-order valence-electron chi connectivity index (χ1n) is 8.51. The minimum Gasteiger partial charge on any atom is -0.372 e. The summed E-state index contributed by atoms with van der Waals surface area (Å²) < 4.78 is 1.16. The van der Waals surface area contributed by atoms with E-state index in [0.717, 1.165) is 47.5 Å². The Labute approximate surface area is 136 Å². The Balaban J connectivity index is 2.11. The summed E-state index contributed by atoms with van der Waals surface area (Å²) in [5, 5.41) is 0.912. The zero-order valence-corrected chi connectivity index (χ0v) is 14.6. The molecule has 0 saturated carbocycles. The van der Waals surface area contributed by atoms with Crippen LogP contribution in [0.5, 0.6) is 0 Å². The van der Waals surface area contributed by atoms with Crippen LogP contribution in [0.25, 0.3) is 10.1 Å². The van der Waals surface area contributed by atoms with Gasteiger partial charge in [0.15, 0.2) is 5.43 Å². The second-order valence-corrected chi connectivity index (χ2v) is 7.34.